The Balaban J connectivity index is 1.77. The Bertz CT molecular complexity index is 725. The largest absolute Gasteiger partial charge is 0.508 e. The second-order valence-electron chi connectivity index (χ2n) is 5.19. The van der Waals surface area contributed by atoms with Crippen molar-refractivity contribution in [1.29, 1.82) is 0 Å². The molecule has 6 nitrogen and oxygen atoms in total. The predicted molar refractivity (Wildman–Crippen MR) is 92.8 cm³/mol. The zero-order chi connectivity index (χ0) is 17.4. The van der Waals surface area contributed by atoms with Crippen molar-refractivity contribution < 1.29 is 14.7 Å². The lowest BCUT2D eigenvalue weighted by Crippen LogP contribution is -2.21. The van der Waals surface area contributed by atoms with Crippen LogP contribution in [0.2, 0.25) is 0 Å². The van der Waals surface area contributed by atoms with Crippen LogP contribution in [-0.2, 0) is 9.59 Å². The molecule has 0 fully saturated rings. The number of carbonyl (C=O) groups is 2. The van der Waals surface area contributed by atoms with E-state index in [0.29, 0.717) is 11.4 Å². The van der Waals surface area contributed by atoms with E-state index in [1.165, 1.54) is 0 Å². The first kappa shape index (κ1) is 17.2. The lowest BCUT2D eigenvalue weighted by atomic mass is 10.1. The van der Waals surface area contributed by atoms with Gasteiger partial charge in [0, 0.05) is 18.5 Å². The molecule has 0 saturated carbocycles. The van der Waals surface area contributed by atoms with Crippen LogP contribution in [0.1, 0.15) is 25.3 Å². The Hall–Kier alpha value is -3.15. The van der Waals surface area contributed by atoms with Crippen LogP contribution in [0, 0.1) is 0 Å². The smallest absolute Gasteiger partial charge is 0.240 e. The predicted octanol–water partition coefficient (Wildman–Crippen LogP) is 2.65. The molecule has 3 N–H and O–H groups in total. The molecule has 0 bridgehead atoms. The number of nitrogens with zero attached hydrogens (tertiary/aromatic N) is 1. The highest BCUT2D eigenvalue weighted by Crippen LogP contribution is 2.10. The maximum Gasteiger partial charge on any atom is 0.240 e. The van der Waals surface area contributed by atoms with Crippen molar-refractivity contribution in [1.82, 2.24) is 5.43 Å². The van der Waals surface area contributed by atoms with Gasteiger partial charge in [-0.15, -0.1) is 0 Å². The highest BCUT2D eigenvalue weighted by molar-refractivity contribution is 5.99. The monoisotopic (exact) mass is 325 g/mol. The van der Waals surface area contributed by atoms with E-state index in [1.807, 2.05) is 18.2 Å². The van der Waals surface area contributed by atoms with E-state index in [2.05, 4.69) is 15.8 Å². The van der Waals surface area contributed by atoms with E-state index < -0.39 is 0 Å². The quantitative estimate of drug-likeness (QED) is 0.563. The molecular formula is C18H19N3O3. The third-order valence-electron chi connectivity index (χ3n) is 3.27. The number of hydrogen-bond donors (Lipinski definition) is 3. The van der Waals surface area contributed by atoms with Crippen molar-refractivity contribution in [2.24, 2.45) is 5.10 Å². The molecule has 124 valence electrons. The molecule has 2 amide bonds. The van der Waals surface area contributed by atoms with Crippen molar-refractivity contribution in [3.63, 3.8) is 0 Å². The Morgan fingerprint density at radius 3 is 2.25 bits per heavy atom. The molecule has 0 aromatic heterocycles. The summed E-state index contributed by atoms with van der Waals surface area (Å²) >= 11 is 0. The van der Waals surface area contributed by atoms with Gasteiger partial charge < -0.3 is 10.4 Å². The van der Waals surface area contributed by atoms with Crippen molar-refractivity contribution in [2.45, 2.75) is 19.8 Å². The van der Waals surface area contributed by atoms with Crippen molar-refractivity contribution in [3.8, 4) is 5.75 Å². The fraction of sp³-hybridized carbons (Fsp3) is 0.167. The van der Waals surface area contributed by atoms with Gasteiger partial charge in [-0.25, -0.2) is 5.43 Å². The molecule has 0 spiro atoms. The average Bonchev–Trinajstić information content (AvgIpc) is 2.59. The topological polar surface area (TPSA) is 90.8 Å². The van der Waals surface area contributed by atoms with Crippen molar-refractivity contribution >= 4 is 23.2 Å². The molecule has 0 saturated heterocycles. The molecule has 0 aliphatic rings. The Morgan fingerprint density at radius 2 is 1.58 bits per heavy atom. The van der Waals surface area contributed by atoms with E-state index in [9.17, 15) is 14.7 Å². The number of benzene rings is 2. The zero-order valence-corrected chi connectivity index (χ0v) is 13.3. The van der Waals surface area contributed by atoms with Gasteiger partial charge in [0.2, 0.25) is 11.8 Å². The second-order valence-corrected chi connectivity index (χ2v) is 5.19. The summed E-state index contributed by atoms with van der Waals surface area (Å²) in [6.45, 7) is 1.74. The van der Waals surface area contributed by atoms with Crippen LogP contribution in [0.3, 0.4) is 0 Å². The molecule has 0 aliphatic carbocycles. The summed E-state index contributed by atoms with van der Waals surface area (Å²) in [5.74, 6) is -0.396. The highest BCUT2D eigenvalue weighted by atomic mass is 16.3. The van der Waals surface area contributed by atoms with Gasteiger partial charge in [0.05, 0.1) is 5.71 Å². The highest BCUT2D eigenvalue weighted by Gasteiger charge is 2.07. The second kappa shape index (κ2) is 8.47. The number of nitrogens with one attached hydrogen (secondary N) is 2. The van der Waals surface area contributed by atoms with Gasteiger partial charge in [-0.3, -0.25) is 9.59 Å². The molecule has 2 rings (SSSR count). The minimum atomic E-state index is -0.337. The molecule has 0 aliphatic heterocycles. The molecule has 0 atom stereocenters. The number of aromatic hydroxyl groups is 1. The number of phenolic OH excluding ortho intramolecular Hbond substituents is 1. The lowest BCUT2D eigenvalue weighted by Gasteiger charge is -2.05. The fourth-order valence-corrected chi connectivity index (χ4v) is 1.94. The van der Waals surface area contributed by atoms with Gasteiger partial charge >= 0.3 is 0 Å². The summed E-state index contributed by atoms with van der Waals surface area (Å²) in [5.41, 5.74) is 4.51. The first-order valence-corrected chi connectivity index (χ1v) is 7.52. The number of amides is 2. The third kappa shape index (κ3) is 5.57. The van der Waals surface area contributed by atoms with E-state index in [-0.39, 0.29) is 30.4 Å². The average molecular weight is 325 g/mol. The number of rotatable bonds is 6. The third-order valence-corrected chi connectivity index (χ3v) is 3.27. The summed E-state index contributed by atoms with van der Waals surface area (Å²) < 4.78 is 0. The normalized spacial score (nSPS) is 11.0. The van der Waals surface area contributed by atoms with Crippen LogP contribution in [-0.4, -0.2) is 22.6 Å². The standard InChI is InChI=1S/C18H19N3O3/c1-13(14-7-9-16(22)10-8-14)20-21-18(24)12-11-17(23)19-15-5-3-2-4-6-15/h2-10,22H,11-12H2,1H3,(H,19,23)(H,21,24). The summed E-state index contributed by atoms with van der Waals surface area (Å²) in [5, 5.41) is 15.9. The van der Waals surface area contributed by atoms with Crippen molar-refractivity contribution in [3.05, 3.63) is 60.2 Å². The van der Waals surface area contributed by atoms with Gasteiger partial charge in [-0.1, -0.05) is 18.2 Å². The number of hydrazone groups is 1. The SMILES string of the molecule is CC(=NNC(=O)CCC(=O)Nc1ccccc1)c1ccc(O)cc1. The number of anilines is 1. The number of para-hydroxylation sites is 1. The molecule has 6 heteroatoms. The molecular weight excluding hydrogens is 306 g/mol. The van der Waals surface area contributed by atoms with E-state index in [1.54, 1.807) is 43.3 Å². The van der Waals surface area contributed by atoms with Gasteiger partial charge in [-0.05, 0) is 48.9 Å². The number of phenols is 1. The summed E-state index contributed by atoms with van der Waals surface area (Å²) in [6.07, 6.45) is 0.125. The van der Waals surface area contributed by atoms with Crippen LogP contribution in [0.5, 0.6) is 5.75 Å². The minimum Gasteiger partial charge on any atom is -0.508 e. The van der Waals surface area contributed by atoms with E-state index in [4.69, 9.17) is 0 Å². The van der Waals surface area contributed by atoms with Crippen LogP contribution < -0.4 is 10.7 Å². The number of hydrogen-bond acceptors (Lipinski definition) is 4. The van der Waals surface area contributed by atoms with Crippen LogP contribution >= 0.6 is 0 Å². The van der Waals surface area contributed by atoms with Crippen LogP contribution in [0.15, 0.2) is 59.7 Å². The number of carbonyl (C=O) groups excluding carboxylic acids is 2. The first-order valence-electron chi connectivity index (χ1n) is 7.52. The van der Waals surface area contributed by atoms with Gasteiger partial charge in [0.25, 0.3) is 0 Å². The molecule has 2 aromatic rings. The molecule has 0 radical (unpaired) electrons. The summed E-state index contributed by atoms with van der Waals surface area (Å²) in [7, 11) is 0. The summed E-state index contributed by atoms with van der Waals surface area (Å²) in [6, 6.07) is 15.6. The van der Waals surface area contributed by atoms with E-state index in [0.717, 1.165) is 5.56 Å². The van der Waals surface area contributed by atoms with Gasteiger partial charge in [0.1, 0.15) is 5.75 Å². The maximum atomic E-state index is 11.8. The zero-order valence-electron chi connectivity index (χ0n) is 13.3. The van der Waals surface area contributed by atoms with Gasteiger partial charge in [0.15, 0.2) is 0 Å². The Morgan fingerprint density at radius 1 is 0.958 bits per heavy atom. The Kier molecular flexibility index (Phi) is 6.08. The molecule has 0 heterocycles. The first-order chi connectivity index (χ1) is 11.5. The fourth-order valence-electron chi connectivity index (χ4n) is 1.94. The van der Waals surface area contributed by atoms with Crippen LogP contribution in [0.25, 0.3) is 0 Å². The Labute approximate surface area is 140 Å². The van der Waals surface area contributed by atoms with Gasteiger partial charge in [-0.2, -0.15) is 5.10 Å². The lowest BCUT2D eigenvalue weighted by molar-refractivity contribution is -0.124. The maximum absolute atomic E-state index is 11.8. The van der Waals surface area contributed by atoms with E-state index >= 15 is 0 Å². The minimum absolute atomic E-state index is 0.0467. The molecule has 24 heavy (non-hydrogen) atoms. The molecule has 0 unspecified atom stereocenters. The van der Waals surface area contributed by atoms with Crippen molar-refractivity contribution in [2.75, 3.05) is 5.32 Å². The summed E-state index contributed by atoms with van der Waals surface area (Å²) in [4.78, 5) is 23.5. The molecule has 2 aromatic carbocycles. The van der Waals surface area contributed by atoms with Crippen LogP contribution in [0.4, 0.5) is 5.69 Å².